The number of amides is 7. The van der Waals surface area contributed by atoms with Crippen LogP contribution in [0.5, 0.6) is 0 Å². The second kappa shape index (κ2) is 11.9. The second-order valence-corrected chi connectivity index (χ2v) is 11.6. The molecule has 0 radical (unpaired) electrons. The minimum absolute atomic E-state index is 0.116. The molecule has 2 aromatic heterocycles. The number of hydrogen-bond donors (Lipinski definition) is 6. The summed E-state index contributed by atoms with van der Waals surface area (Å²) in [6.45, 7) is 0.693. The van der Waals surface area contributed by atoms with Gasteiger partial charge >= 0.3 is 18.0 Å². The van der Waals surface area contributed by atoms with Gasteiger partial charge in [-0.3, -0.25) is 19.3 Å². The van der Waals surface area contributed by atoms with Crippen molar-refractivity contribution in [2.24, 2.45) is 5.73 Å². The van der Waals surface area contributed by atoms with Gasteiger partial charge in [-0.2, -0.15) is 0 Å². The number of fused-ring (bicyclic) bond motifs is 1. The number of rotatable bonds is 10. The van der Waals surface area contributed by atoms with Crippen molar-refractivity contribution in [3.8, 4) is 0 Å². The van der Waals surface area contributed by atoms with Gasteiger partial charge in [0.05, 0.1) is 12.1 Å². The Morgan fingerprint density at radius 1 is 1.26 bits per heavy atom. The number of nitrogens with two attached hydrogens (primary N) is 1. The zero-order valence-electron chi connectivity index (χ0n) is 22.6. The molecule has 5 heterocycles. The van der Waals surface area contributed by atoms with Crippen LogP contribution in [0.3, 0.4) is 0 Å². The molecule has 2 fully saturated rings. The minimum atomic E-state index is -1.91. The maximum absolute atomic E-state index is 13.6. The van der Waals surface area contributed by atoms with E-state index in [1.54, 1.807) is 34.5 Å². The molecule has 3 aliphatic rings. The van der Waals surface area contributed by atoms with E-state index in [0.29, 0.717) is 17.0 Å². The number of hydrogen-bond acceptors (Lipinski definition) is 9. The molecule has 18 heteroatoms. The standard InChI is InChI=1S/C25H26N8O8S2/c1-41-25(29-19(35)16(15-3-2-10-42-15)28-23(39)30-32-9-6-27-24(32)40)21(38)33-17(20(36)37)14(12-43-22(25)33)11-31-7-4-13(5-8-31)18(26)34/h2-5,7-8,10,16,22H,6,9,11-12H2,1H3,(H6-,26,27,28,29,30,34,35,36,37,39,40)/p+1/t16?,22?,25-/m1/s1. The van der Waals surface area contributed by atoms with Crippen LogP contribution < -0.4 is 31.7 Å². The van der Waals surface area contributed by atoms with Gasteiger partial charge in [-0.15, -0.1) is 23.1 Å². The molecule has 2 aromatic rings. The van der Waals surface area contributed by atoms with Crippen molar-refractivity contribution in [3.05, 3.63) is 63.7 Å². The molecule has 3 aliphatic heterocycles. The van der Waals surface area contributed by atoms with Gasteiger partial charge in [0.2, 0.25) is 5.91 Å². The summed E-state index contributed by atoms with van der Waals surface area (Å²) < 4.78 is 7.19. The number of aromatic nitrogens is 1. The summed E-state index contributed by atoms with van der Waals surface area (Å²) in [6, 6.07) is 3.71. The number of aliphatic carboxylic acids is 1. The Morgan fingerprint density at radius 3 is 2.58 bits per heavy atom. The molecule has 5 rings (SSSR count). The number of methoxy groups -OCH3 is 1. The van der Waals surface area contributed by atoms with Crippen LogP contribution in [0.4, 0.5) is 9.59 Å². The molecule has 0 bridgehead atoms. The topological polar surface area (TPSA) is 216 Å². The van der Waals surface area contributed by atoms with E-state index in [-0.39, 0.29) is 30.1 Å². The van der Waals surface area contributed by atoms with Crippen LogP contribution >= 0.6 is 23.1 Å². The molecule has 3 atom stereocenters. The number of nitrogens with one attached hydrogen (secondary N) is 4. The van der Waals surface area contributed by atoms with Crippen molar-refractivity contribution in [1.82, 2.24) is 31.3 Å². The van der Waals surface area contributed by atoms with Gasteiger partial charge in [-0.05, 0) is 11.4 Å². The van der Waals surface area contributed by atoms with Gasteiger partial charge in [0.15, 0.2) is 18.9 Å². The lowest BCUT2D eigenvalue weighted by Crippen LogP contribution is -2.81. The Hall–Kier alpha value is -4.68. The number of hydrazine groups is 1. The van der Waals surface area contributed by atoms with Crippen LogP contribution in [0.25, 0.3) is 0 Å². The first-order valence-corrected chi connectivity index (χ1v) is 14.7. The summed E-state index contributed by atoms with van der Waals surface area (Å²) in [7, 11) is 1.22. The highest BCUT2D eigenvalue weighted by Gasteiger charge is 2.67. The number of carboxylic acids is 1. The highest BCUT2D eigenvalue weighted by atomic mass is 32.2. The number of pyridine rings is 1. The molecule has 0 aromatic carbocycles. The maximum Gasteiger partial charge on any atom is 0.352 e. The van der Waals surface area contributed by atoms with E-state index in [4.69, 9.17) is 10.5 Å². The molecule has 7 N–H and O–H groups in total. The van der Waals surface area contributed by atoms with Crippen molar-refractivity contribution in [2.75, 3.05) is 26.0 Å². The van der Waals surface area contributed by atoms with Gasteiger partial charge in [0.25, 0.3) is 17.5 Å². The Morgan fingerprint density at radius 2 is 2.00 bits per heavy atom. The van der Waals surface area contributed by atoms with Gasteiger partial charge in [0.1, 0.15) is 17.1 Å². The summed E-state index contributed by atoms with van der Waals surface area (Å²) in [5.74, 6) is -3.33. The number of β-lactam (4-membered cyclic amide) rings is 1. The molecule has 2 saturated heterocycles. The van der Waals surface area contributed by atoms with E-state index in [1.807, 2.05) is 0 Å². The van der Waals surface area contributed by atoms with Crippen molar-refractivity contribution in [3.63, 3.8) is 0 Å². The van der Waals surface area contributed by atoms with E-state index in [1.165, 1.54) is 42.3 Å². The molecular formula is C25H27N8O8S2+. The van der Waals surface area contributed by atoms with Gasteiger partial charge in [0, 0.05) is 42.0 Å². The quantitative estimate of drug-likeness (QED) is 0.106. The highest BCUT2D eigenvalue weighted by Crippen LogP contribution is 2.47. The van der Waals surface area contributed by atoms with Crippen LogP contribution in [0, 0.1) is 0 Å². The van der Waals surface area contributed by atoms with Gasteiger partial charge in [-0.25, -0.2) is 29.4 Å². The Bertz CT molecular complexity index is 1520. The van der Waals surface area contributed by atoms with Crippen LogP contribution in [0.2, 0.25) is 0 Å². The number of carbonyl (C=O) groups is 6. The predicted molar refractivity (Wildman–Crippen MR) is 150 cm³/mol. The van der Waals surface area contributed by atoms with E-state index in [0.717, 1.165) is 9.91 Å². The Labute approximate surface area is 252 Å². The first-order valence-electron chi connectivity index (χ1n) is 12.8. The fraction of sp³-hybridized carbons (Fsp3) is 0.320. The second-order valence-electron chi connectivity index (χ2n) is 9.57. The largest absolute Gasteiger partial charge is 0.477 e. The van der Waals surface area contributed by atoms with E-state index >= 15 is 0 Å². The Balaban J connectivity index is 1.35. The molecule has 226 valence electrons. The van der Waals surface area contributed by atoms with E-state index in [2.05, 4.69) is 21.4 Å². The monoisotopic (exact) mass is 631 g/mol. The average Bonchev–Trinajstić information content (AvgIpc) is 3.66. The lowest BCUT2D eigenvalue weighted by Gasteiger charge is -2.55. The van der Waals surface area contributed by atoms with Crippen LogP contribution in [0.15, 0.2) is 53.3 Å². The molecular weight excluding hydrogens is 604 g/mol. The number of urea groups is 2. The van der Waals surface area contributed by atoms with Gasteiger partial charge in [-0.1, -0.05) is 6.07 Å². The summed E-state index contributed by atoms with van der Waals surface area (Å²) in [5, 5.41) is 19.6. The minimum Gasteiger partial charge on any atom is -0.477 e. The molecule has 0 saturated carbocycles. The number of primary amides is 1. The number of ether oxygens (including phenoxy) is 1. The van der Waals surface area contributed by atoms with Gasteiger partial charge < -0.3 is 31.5 Å². The number of carboxylic acid groups (broad SMARTS) is 1. The molecule has 0 aliphatic carbocycles. The first-order chi connectivity index (χ1) is 20.6. The van der Waals surface area contributed by atoms with Crippen molar-refractivity contribution in [2.45, 2.75) is 23.7 Å². The first kappa shape index (κ1) is 29.8. The Kier molecular flexibility index (Phi) is 8.25. The lowest BCUT2D eigenvalue weighted by atomic mass is 9.97. The molecule has 0 spiro atoms. The fourth-order valence-electron chi connectivity index (χ4n) is 4.85. The lowest BCUT2D eigenvalue weighted by molar-refractivity contribution is -0.689. The third kappa shape index (κ3) is 5.58. The molecule has 2 unspecified atom stereocenters. The van der Waals surface area contributed by atoms with Crippen LogP contribution in [0.1, 0.15) is 21.3 Å². The smallest absolute Gasteiger partial charge is 0.352 e. The zero-order valence-corrected chi connectivity index (χ0v) is 24.2. The summed E-state index contributed by atoms with van der Waals surface area (Å²) in [6.07, 6.45) is 3.15. The number of thiophene rings is 1. The molecule has 16 nitrogen and oxygen atoms in total. The summed E-state index contributed by atoms with van der Waals surface area (Å²) in [4.78, 5) is 76.9. The highest BCUT2D eigenvalue weighted by molar-refractivity contribution is 8.00. The third-order valence-corrected chi connectivity index (χ3v) is 9.26. The van der Waals surface area contributed by atoms with Crippen molar-refractivity contribution >= 4 is 58.9 Å². The number of thioether (sulfide) groups is 1. The predicted octanol–water partition coefficient (Wildman–Crippen LogP) is -1.17. The zero-order chi connectivity index (χ0) is 30.9. The van der Waals surface area contributed by atoms with E-state index < -0.39 is 52.9 Å². The normalized spacial score (nSPS) is 21.8. The van der Waals surface area contributed by atoms with Crippen molar-refractivity contribution < 1.29 is 43.2 Å². The average molecular weight is 632 g/mol. The summed E-state index contributed by atoms with van der Waals surface area (Å²) in [5.41, 5.74) is 6.22. The SMILES string of the molecule is CO[C@]1(NC(=O)C(NC(=O)NN2CCNC2=O)c2cccs2)C(=O)N2C(C(=O)O)=C(C[n+]3ccc(C(N)=O)cc3)CSC21. The number of carbonyl (C=O) groups excluding carboxylic acids is 5. The van der Waals surface area contributed by atoms with E-state index in [9.17, 15) is 33.9 Å². The van der Waals surface area contributed by atoms with Crippen LogP contribution in [-0.2, 0) is 25.7 Å². The third-order valence-electron chi connectivity index (χ3n) is 6.95. The van der Waals surface area contributed by atoms with Crippen molar-refractivity contribution in [1.29, 1.82) is 0 Å². The van der Waals surface area contributed by atoms with Crippen LogP contribution in [-0.4, -0.2) is 87.8 Å². The molecule has 7 amide bonds. The maximum atomic E-state index is 13.6. The summed E-state index contributed by atoms with van der Waals surface area (Å²) >= 11 is 2.38. The fourth-order valence-corrected chi connectivity index (χ4v) is 7.05. The number of nitrogens with zero attached hydrogens (tertiary/aromatic N) is 3. The molecule has 43 heavy (non-hydrogen) atoms.